The summed E-state index contributed by atoms with van der Waals surface area (Å²) in [5.74, 6) is 1.48. The van der Waals surface area contributed by atoms with Gasteiger partial charge in [-0.3, -0.25) is 4.79 Å². The van der Waals surface area contributed by atoms with Gasteiger partial charge in [-0.25, -0.2) is 0 Å². The summed E-state index contributed by atoms with van der Waals surface area (Å²) in [6.45, 7) is 7.09. The minimum Gasteiger partial charge on any atom is -0.494 e. The van der Waals surface area contributed by atoms with Crippen molar-refractivity contribution in [2.24, 2.45) is 5.92 Å². The molecule has 0 saturated heterocycles. The minimum atomic E-state index is 0.212. The van der Waals surface area contributed by atoms with Crippen LogP contribution in [0.1, 0.15) is 63.2 Å². The zero-order valence-corrected chi connectivity index (χ0v) is 12.4. The highest BCUT2D eigenvalue weighted by Crippen LogP contribution is 2.15. The Hall–Kier alpha value is -1.31. The van der Waals surface area contributed by atoms with Crippen LogP contribution >= 0.6 is 0 Å². The smallest absolute Gasteiger partial charge is 0.163 e. The maximum absolute atomic E-state index is 11.9. The third kappa shape index (κ3) is 6.42. The summed E-state index contributed by atoms with van der Waals surface area (Å²) in [6.07, 6.45) is 5.44. The summed E-state index contributed by atoms with van der Waals surface area (Å²) in [7, 11) is 0. The van der Waals surface area contributed by atoms with Crippen molar-refractivity contribution in [2.75, 3.05) is 6.61 Å². The van der Waals surface area contributed by atoms with Gasteiger partial charge in [0.1, 0.15) is 5.75 Å². The average Bonchev–Trinajstić information content (AvgIpc) is 2.38. The van der Waals surface area contributed by atoms with Crippen LogP contribution in [0.15, 0.2) is 24.3 Å². The van der Waals surface area contributed by atoms with Gasteiger partial charge in [-0.2, -0.15) is 0 Å². The zero-order chi connectivity index (χ0) is 14.1. The summed E-state index contributed by atoms with van der Waals surface area (Å²) < 4.78 is 5.66. The highest BCUT2D eigenvalue weighted by Gasteiger charge is 2.08. The maximum atomic E-state index is 11.9. The van der Waals surface area contributed by atoms with Crippen LogP contribution in [-0.2, 0) is 0 Å². The first kappa shape index (κ1) is 15.7. The second kappa shape index (κ2) is 8.73. The Balaban J connectivity index is 2.37. The lowest BCUT2D eigenvalue weighted by Gasteiger charge is -2.07. The average molecular weight is 262 g/mol. The van der Waals surface area contributed by atoms with E-state index in [4.69, 9.17) is 4.74 Å². The Morgan fingerprint density at radius 2 is 1.79 bits per heavy atom. The Bertz CT molecular complexity index is 365. The Kier molecular flexibility index (Phi) is 7.24. The maximum Gasteiger partial charge on any atom is 0.163 e. The van der Waals surface area contributed by atoms with E-state index in [1.54, 1.807) is 0 Å². The largest absolute Gasteiger partial charge is 0.494 e. The zero-order valence-electron chi connectivity index (χ0n) is 12.4. The minimum absolute atomic E-state index is 0.212. The summed E-state index contributed by atoms with van der Waals surface area (Å²) in [5, 5.41) is 0. The monoisotopic (exact) mass is 262 g/mol. The first-order valence-corrected chi connectivity index (χ1v) is 7.39. The fraction of sp³-hybridized carbons (Fsp3) is 0.588. The predicted molar refractivity (Wildman–Crippen MR) is 79.9 cm³/mol. The van der Waals surface area contributed by atoms with E-state index >= 15 is 0 Å². The predicted octanol–water partition coefficient (Wildman–Crippen LogP) is 4.87. The fourth-order valence-electron chi connectivity index (χ4n) is 1.94. The van der Waals surface area contributed by atoms with Crippen LogP contribution in [0.5, 0.6) is 5.75 Å². The van der Waals surface area contributed by atoms with E-state index in [0.29, 0.717) is 12.3 Å². The lowest BCUT2D eigenvalue weighted by molar-refractivity contribution is 0.0968. The van der Waals surface area contributed by atoms with Gasteiger partial charge in [-0.15, -0.1) is 0 Å². The highest BCUT2D eigenvalue weighted by atomic mass is 16.5. The van der Waals surface area contributed by atoms with Crippen LogP contribution in [0.25, 0.3) is 0 Å². The number of benzene rings is 1. The van der Waals surface area contributed by atoms with Crippen LogP contribution < -0.4 is 4.74 Å². The molecule has 0 aliphatic carbocycles. The van der Waals surface area contributed by atoms with Crippen molar-refractivity contribution in [3.05, 3.63) is 29.8 Å². The molecule has 0 aromatic heterocycles. The molecule has 0 amide bonds. The lowest BCUT2D eigenvalue weighted by Crippen LogP contribution is -2.03. The van der Waals surface area contributed by atoms with E-state index in [9.17, 15) is 4.79 Å². The molecule has 1 aromatic rings. The molecular weight excluding hydrogens is 236 g/mol. The summed E-state index contributed by atoms with van der Waals surface area (Å²) in [6, 6.07) is 7.53. The van der Waals surface area contributed by atoms with E-state index in [2.05, 4.69) is 20.8 Å². The van der Waals surface area contributed by atoms with E-state index < -0.39 is 0 Å². The molecule has 0 saturated carbocycles. The molecule has 0 heterocycles. The number of carbonyl (C=O) groups excluding carboxylic acids is 1. The summed E-state index contributed by atoms with van der Waals surface area (Å²) >= 11 is 0. The Labute approximate surface area is 117 Å². The normalized spacial score (nSPS) is 10.7. The van der Waals surface area contributed by atoms with Crippen LogP contribution in [0, 0.1) is 5.92 Å². The van der Waals surface area contributed by atoms with Gasteiger partial charge in [0.05, 0.1) is 6.61 Å². The number of Topliss-reactive ketones (excluding diaryl/α,β-unsaturated/α-hetero) is 1. The molecule has 0 fully saturated rings. The molecule has 0 atom stereocenters. The highest BCUT2D eigenvalue weighted by molar-refractivity contribution is 5.96. The van der Waals surface area contributed by atoms with Gasteiger partial charge in [0.2, 0.25) is 0 Å². The van der Waals surface area contributed by atoms with E-state index in [1.807, 2.05) is 24.3 Å². The number of ether oxygens (including phenoxy) is 1. The van der Waals surface area contributed by atoms with Gasteiger partial charge in [0.15, 0.2) is 5.78 Å². The third-order valence-electron chi connectivity index (χ3n) is 3.04. The Morgan fingerprint density at radius 1 is 1.11 bits per heavy atom. The van der Waals surface area contributed by atoms with Crippen molar-refractivity contribution >= 4 is 5.78 Å². The number of unbranched alkanes of at least 4 members (excludes halogenated alkanes) is 3. The molecule has 0 aliphatic heterocycles. The van der Waals surface area contributed by atoms with Crippen molar-refractivity contribution in [3.63, 3.8) is 0 Å². The van der Waals surface area contributed by atoms with E-state index in [-0.39, 0.29) is 5.78 Å². The molecule has 0 N–H and O–H groups in total. The number of carbonyl (C=O) groups is 1. The number of hydrogen-bond acceptors (Lipinski definition) is 2. The molecule has 0 aliphatic rings. The van der Waals surface area contributed by atoms with Gasteiger partial charge in [0.25, 0.3) is 0 Å². The van der Waals surface area contributed by atoms with Crippen LogP contribution in [-0.4, -0.2) is 12.4 Å². The number of hydrogen-bond donors (Lipinski definition) is 0. The molecule has 2 nitrogen and oxygen atoms in total. The molecule has 0 unspecified atom stereocenters. The SMILES string of the molecule is CCCCCCOc1ccc(C(=O)CC(C)C)cc1. The Morgan fingerprint density at radius 3 is 2.37 bits per heavy atom. The molecule has 1 rings (SSSR count). The quantitative estimate of drug-likeness (QED) is 0.468. The molecule has 0 spiro atoms. The summed E-state index contributed by atoms with van der Waals surface area (Å²) in [5.41, 5.74) is 0.784. The van der Waals surface area contributed by atoms with Crippen molar-refractivity contribution in [2.45, 2.75) is 52.9 Å². The second-order valence-electron chi connectivity index (χ2n) is 5.45. The third-order valence-corrected chi connectivity index (χ3v) is 3.04. The molecule has 2 heteroatoms. The number of rotatable bonds is 9. The topological polar surface area (TPSA) is 26.3 Å². The summed E-state index contributed by atoms with van der Waals surface area (Å²) in [4.78, 5) is 11.9. The first-order valence-electron chi connectivity index (χ1n) is 7.39. The van der Waals surface area contributed by atoms with Crippen LogP contribution in [0.3, 0.4) is 0 Å². The van der Waals surface area contributed by atoms with Crippen molar-refractivity contribution in [3.8, 4) is 5.75 Å². The molecule has 1 aromatic carbocycles. The van der Waals surface area contributed by atoms with E-state index in [1.165, 1.54) is 19.3 Å². The van der Waals surface area contributed by atoms with Gasteiger partial charge in [0, 0.05) is 12.0 Å². The molecule has 0 radical (unpaired) electrons. The molecule has 0 bridgehead atoms. The molecule has 106 valence electrons. The first-order chi connectivity index (χ1) is 9.13. The lowest BCUT2D eigenvalue weighted by atomic mass is 10.0. The van der Waals surface area contributed by atoms with Crippen molar-refractivity contribution in [1.82, 2.24) is 0 Å². The second-order valence-corrected chi connectivity index (χ2v) is 5.45. The van der Waals surface area contributed by atoms with E-state index in [0.717, 1.165) is 24.3 Å². The van der Waals surface area contributed by atoms with Gasteiger partial charge >= 0.3 is 0 Å². The van der Waals surface area contributed by atoms with Crippen molar-refractivity contribution < 1.29 is 9.53 Å². The van der Waals surface area contributed by atoms with Crippen LogP contribution in [0.4, 0.5) is 0 Å². The fourth-order valence-corrected chi connectivity index (χ4v) is 1.94. The van der Waals surface area contributed by atoms with Crippen molar-refractivity contribution in [1.29, 1.82) is 0 Å². The van der Waals surface area contributed by atoms with Crippen LogP contribution in [0.2, 0.25) is 0 Å². The van der Waals surface area contributed by atoms with Gasteiger partial charge in [-0.05, 0) is 36.6 Å². The standard InChI is InChI=1S/C17H26O2/c1-4-5-6-7-12-19-16-10-8-15(9-11-16)17(18)13-14(2)3/h8-11,14H,4-7,12-13H2,1-3H3. The van der Waals surface area contributed by atoms with Gasteiger partial charge < -0.3 is 4.74 Å². The molecular formula is C17H26O2. The van der Waals surface area contributed by atoms with Gasteiger partial charge in [-0.1, -0.05) is 40.0 Å². The number of ketones is 1. The molecule has 19 heavy (non-hydrogen) atoms.